The molecule has 1 amide bonds. The molecule has 2 unspecified atom stereocenters. The molecule has 1 N–H and O–H groups in total. The number of amides is 1. The highest BCUT2D eigenvalue weighted by Crippen LogP contribution is 2.41. The molecule has 0 bridgehead atoms. The second-order valence-corrected chi connectivity index (χ2v) is 7.40. The van der Waals surface area contributed by atoms with Gasteiger partial charge in [-0.05, 0) is 44.2 Å². The largest absolute Gasteiger partial charge is 0.497 e. The van der Waals surface area contributed by atoms with Gasteiger partial charge in [0.2, 0.25) is 6.10 Å². The van der Waals surface area contributed by atoms with Gasteiger partial charge in [-0.1, -0.05) is 12.1 Å². The zero-order valence-electron chi connectivity index (χ0n) is 15.7. The standard InChI is InChI=1S/C21H23NO5/c1-21(2)11-15(14-10-13(24-3)8-9-16(14)27-21)22-20(23)19-12-25-17-6-4-5-7-18(17)26-19/h4-10,15,19H,11-12H2,1-3H3,(H,22,23). The molecule has 2 aliphatic heterocycles. The van der Waals surface area contributed by atoms with Crippen LogP contribution in [0.3, 0.4) is 0 Å². The molecule has 0 aliphatic carbocycles. The van der Waals surface area contributed by atoms with Crippen LogP contribution in [-0.2, 0) is 4.79 Å². The molecule has 2 aromatic carbocycles. The van der Waals surface area contributed by atoms with Crippen molar-refractivity contribution in [3.63, 3.8) is 0 Å². The van der Waals surface area contributed by atoms with E-state index in [9.17, 15) is 4.79 Å². The van der Waals surface area contributed by atoms with Gasteiger partial charge in [0.15, 0.2) is 11.5 Å². The SMILES string of the molecule is COc1ccc2c(c1)C(NC(=O)C1COc3ccccc3O1)CC(C)(C)O2. The van der Waals surface area contributed by atoms with Crippen molar-refractivity contribution in [1.29, 1.82) is 0 Å². The van der Waals surface area contributed by atoms with Gasteiger partial charge in [0.1, 0.15) is 23.7 Å². The summed E-state index contributed by atoms with van der Waals surface area (Å²) in [5.41, 5.74) is 0.509. The number of fused-ring (bicyclic) bond motifs is 2. The summed E-state index contributed by atoms with van der Waals surface area (Å²) in [6, 6.07) is 12.8. The third-order valence-corrected chi connectivity index (χ3v) is 4.79. The third-order valence-electron chi connectivity index (χ3n) is 4.79. The van der Waals surface area contributed by atoms with Crippen molar-refractivity contribution in [3.05, 3.63) is 48.0 Å². The van der Waals surface area contributed by atoms with Crippen LogP contribution in [0.2, 0.25) is 0 Å². The molecule has 0 radical (unpaired) electrons. The van der Waals surface area contributed by atoms with Crippen LogP contribution in [0.4, 0.5) is 0 Å². The van der Waals surface area contributed by atoms with Gasteiger partial charge in [0, 0.05) is 12.0 Å². The van der Waals surface area contributed by atoms with E-state index in [-0.39, 0.29) is 18.6 Å². The number of hydrogen-bond donors (Lipinski definition) is 1. The molecule has 0 aromatic heterocycles. The van der Waals surface area contributed by atoms with Crippen LogP contribution in [0.1, 0.15) is 31.9 Å². The minimum absolute atomic E-state index is 0.181. The molecule has 0 spiro atoms. The van der Waals surface area contributed by atoms with Crippen LogP contribution in [0, 0.1) is 0 Å². The average molecular weight is 369 g/mol. The number of carbonyl (C=O) groups is 1. The number of para-hydroxylation sites is 2. The smallest absolute Gasteiger partial charge is 0.265 e. The Balaban J connectivity index is 1.54. The summed E-state index contributed by atoms with van der Waals surface area (Å²) in [7, 11) is 1.62. The van der Waals surface area contributed by atoms with Gasteiger partial charge in [-0.2, -0.15) is 0 Å². The summed E-state index contributed by atoms with van der Waals surface area (Å²) in [6.45, 7) is 4.20. The highest BCUT2D eigenvalue weighted by Gasteiger charge is 2.37. The number of benzene rings is 2. The van der Waals surface area contributed by atoms with Gasteiger partial charge >= 0.3 is 0 Å². The van der Waals surface area contributed by atoms with Gasteiger partial charge in [0.05, 0.1) is 13.2 Å². The van der Waals surface area contributed by atoms with E-state index >= 15 is 0 Å². The Kier molecular flexibility index (Phi) is 4.34. The maximum atomic E-state index is 12.9. The molecule has 2 heterocycles. The van der Waals surface area contributed by atoms with E-state index in [1.165, 1.54) is 0 Å². The first-order chi connectivity index (χ1) is 12.9. The normalized spacial score (nSPS) is 22.2. The molecule has 142 valence electrons. The van der Waals surface area contributed by atoms with Crippen molar-refractivity contribution in [2.45, 2.75) is 38.0 Å². The minimum Gasteiger partial charge on any atom is -0.497 e. The van der Waals surface area contributed by atoms with E-state index in [0.717, 1.165) is 17.1 Å². The summed E-state index contributed by atoms with van der Waals surface area (Å²) in [5.74, 6) is 2.51. The van der Waals surface area contributed by atoms with Crippen LogP contribution < -0.4 is 24.3 Å². The minimum atomic E-state index is -0.695. The fourth-order valence-electron chi connectivity index (χ4n) is 3.50. The van der Waals surface area contributed by atoms with Gasteiger partial charge in [-0.15, -0.1) is 0 Å². The van der Waals surface area contributed by atoms with Crippen LogP contribution in [0.25, 0.3) is 0 Å². The summed E-state index contributed by atoms with van der Waals surface area (Å²) in [6.07, 6.45) is -0.0526. The maximum absolute atomic E-state index is 12.9. The Hall–Kier alpha value is -2.89. The number of hydrogen-bond acceptors (Lipinski definition) is 5. The highest BCUT2D eigenvalue weighted by molar-refractivity contribution is 5.82. The number of carbonyl (C=O) groups excluding carboxylic acids is 1. The molecule has 6 heteroatoms. The number of rotatable bonds is 3. The molecule has 6 nitrogen and oxygen atoms in total. The summed E-state index contributed by atoms with van der Waals surface area (Å²) < 4.78 is 22.9. The van der Waals surface area contributed by atoms with Crippen molar-refractivity contribution >= 4 is 5.91 Å². The Morgan fingerprint density at radius 2 is 1.93 bits per heavy atom. The number of nitrogens with one attached hydrogen (secondary N) is 1. The van der Waals surface area contributed by atoms with Gasteiger partial charge in [0.25, 0.3) is 5.91 Å². The molecular formula is C21H23NO5. The molecule has 2 aromatic rings. The highest BCUT2D eigenvalue weighted by atomic mass is 16.6. The lowest BCUT2D eigenvalue weighted by Gasteiger charge is -2.38. The zero-order valence-corrected chi connectivity index (χ0v) is 15.7. The molecule has 0 fully saturated rings. The average Bonchev–Trinajstić information content (AvgIpc) is 2.66. The van der Waals surface area contributed by atoms with Gasteiger partial charge < -0.3 is 24.3 Å². The molecule has 2 atom stereocenters. The Bertz CT molecular complexity index is 863. The van der Waals surface area contributed by atoms with E-state index in [0.29, 0.717) is 17.9 Å². The monoisotopic (exact) mass is 369 g/mol. The number of ether oxygens (including phenoxy) is 4. The van der Waals surface area contributed by atoms with E-state index in [4.69, 9.17) is 18.9 Å². The van der Waals surface area contributed by atoms with Crippen molar-refractivity contribution in [2.24, 2.45) is 0 Å². The number of methoxy groups -OCH3 is 1. The fourth-order valence-corrected chi connectivity index (χ4v) is 3.50. The predicted octanol–water partition coefficient (Wildman–Crippen LogP) is 3.25. The molecule has 0 saturated heterocycles. The summed E-state index contributed by atoms with van der Waals surface area (Å²) in [5, 5.41) is 3.10. The quantitative estimate of drug-likeness (QED) is 0.900. The van der Waals surface area contributed by atoms with Gasteiger partial charge in [-0.3, -0.25) is 4.79 Å². The first-order valence-electron chi connectivity index (χ1n) is 9.01. The van der Waals surface area contributed by atoms with E-state index in [1.807, 2.05) is 50.2 Å². The van der Waals surface area contributed by atoms with Crippen LogP contribution in [0.5, 0.6) is 23.0 Å². The van der Waals surface area contributed by atoms with Gasteiger partial charge in [-0.25, -0.2) is 0 Å². The lowest BCUT2D eigenvalue weighted by molar-refractivity contribution is -0.131. The first-order valence-corrected chi connectivity index (χ1v) is 9.01. The fraction of sp³-hybridized carbons (Fsp3) is 0.381. The zero-order chi connectivity index (χ0) is 19.0. The predicted molar refractivity (Wildman–Crippen MR) is 99.6 cm³/mol. The van der Waals surface area contributed by atoms with Crippen molar-refractivity contribution in [3.8, 4) is 23.0 Å². The van der Waals surface area contributed by atoms with Crippen molar-refractivity contribution in [2.75, 3.05) is 13.7 Å². The molecule has 2 aliphatic rings. The van der Waals surface area contributed by atoms with E-state index < -0.39 is 11.7 Å². The second-order valence-electron chi connectivity index (χ2n) is 7.40. The van der Waals surface area contributed by atoms with Crippen LogP contribution in [0.15, 0.2) is 42.5 Å². The Morgan fingerprint density at radius 3 is 2.70 bits per heavy atom. The molecule has 4 rings (SSSR count). The topological polar surface area (TPSA) is 66.0 Å². The first kappa shape index (κ1) is 17.5. The second kappa shape index (κ2) is 6.68. The third kappa shape index (κ3) is 3.52. The van der Waals surface area contributed by atoms with Crippen LogP contribution >= 0.6 is 0 Å². The van der Waals surface area contributed by atoms with Crippen LogP contribution in [-0.4, -0.2) is 31.3 Å². The lowest BCUT2D eigenvalue weighted by atomic mass is 9.89. The van der Waals surface area contributed by atoms with Crippen molar-refractivity contribution < 1.29 is 23.7 Å². The summed E-state index contributed by atoms with van der Waals surface area (Å²) >= 11 is 0. The summed E-state index contributed by atoms with van der Waals surface area (Å²) in [4.78, 5) is 12.9. The van der Waals surface area contributed by atoms with E-state index in [2.05, 4.69) is 5.32 Å². The molecule has 0 saturated carbocycles. The van der Waals surface area contributed by atoms with E-state index in [1.54, 1.807) is 13.2 Å². The molecule has 27 heavy (non-hydrogen) atoms. The maximum Gasteiger partial charge on any atom is 0.265 e. The molecular weight excluding hydrogens is 346 g/mol. The Labute approximate surface area is 158 Å². The van der Waals surface area contributed by atoms with Crippen molar-refractivity contribution in [1.82, 2.24) is 5.32 Å². The lowest BCUT2D eigenvalue weighted by Crippen LogP contribution is -2.48. The Morgan fingerprint density at radius 1 is 1.15 bits per heavy atom.